The number of halogens is 1. The highest BCUT2D eigenvalue weighted by Gasteiger charge is 2.13. The molecule has 0 bridgehead atoms. The van der Waals surface area contributed by atoms with Gasteiger partial charge in [0.1, 0.15) is 0 Å². The number of methoxy groups -OCH3 is 2. The number of hydrogen-bond acceptors (Lipinski definition) is 4. The third-order valence-electron chi connectivity index (χ3n) is 3.12. The van der Waals surface area contributed by atoms with E-state index in [0.29, 0.717) is 13.2 Å². The molecule has 1 atom stereocenters. The second kappa shape index (κ2) is 8.09. The minimum Gasteiger partial charge on any atom is -0.494 e. The topological polar surface area (TPSA) is 47.7 Å². The van der Waals surface area contributed by atoms with Crippen molar-refractivity contribution in [2.45, 2.75) is 13.0 Å². The van der Waals surface area contributed by atoms with Gasteiger partial charge >= 0.3 is 0 Å². The Hall–Kier alpha value is -1.17. The quantitative estimate of drug-likeness (QED) is 0.782. The lowest BCUT2D eigenvalue weighted by molar-refractivity contribution is 0.147. The van der Waals surface area contributed by atoms with Gasteiger partial charge in [-0.3, -0.25) is 4.90 Å². The van der Waals surface area contributed by atoms with Crippen molar-refractivity contribution in [1.29, 1.82) is 0 Å². The number of rotatable bonds is 8. The minimum absolute atomic E-state index is 0.225. The van der Waals surface area contributed by atoms with Gasteiger partial charge in [-0.15, -0.1) is 0 Å². The summed E-state index contributed by atoms with van der Waals surface area (Å²) >= 11 is 0. The Bertz CT molecular complexity index is 388. The number of likely N-dealkylation sites (N-methyl/N-ethyl adjacent to an activating group) is 1. The van der Waals surface area contributed by atoms with Gasteiger partial charge in [0, 0.05) is 26.2 Å². The maximum atomic E-state index is 13.6. The molecule has 1 unspecified atom stereocenters. The highest BCUT2D eigenvalue weighted by Crippen LogP contribution is 2.21. The number of nitrogens with two attached hydrogens (primary N) is 1. The van der Waals surface area contributed by atoms with Crippen LogP contribution in [0.4, 0.5) is 4.39 Å². The summed E-state index contributed by atoms with van der Waals surface area (Å²) in [6, 6.07) is 4.62. The maximum absolute atomic E-state index is 13.6. The van der Waals surface area contributed by atoms with Gasteiger partial charge in [-0.25, -0.2) is 4.39 Å². The summed E-state index contributed by atoms with van der Waals surface area (Å²) in [5.41, 5.74) is 6.89. The Balaban J connectivity index is 2.65. The molecule has 0 aliphatic carbocycles. The van der Waals surface area contributed by atoms with Gasteiger partial charge in [0.05, 0.1) is 13.7 Å². The fourth-order valence-corrected chi connectivity index (χ4v) is 1.90. The lowest BCUT2D eigenvalue weighted by Crippen LogP contribution is -2.34. The van der Waals surface area contributed by atoms with E-state index in [9.17, 15) is 4.39 Å². The minimum atomic E-state index is -0.379. The second-order valence-corrected chi connectivity index (χ2v) is 4.39. The van der Waals surface area contributed by atoms with E-state index >= 15 is 0 Å². The third-order valence-corrected chi connectivity index (χ3v) is 3.12. The Labute approximate surface area is 114 Å². The number of benzene rings is 1. The monoisotopic (exact) mass is 270 g/mol. The van der Waals surface area contributed by atoms with Crippen LogP contribution in [0.2, 0.25) is 0 Å². The van der Waals surface area contributed by atoms with E-state index < -0.39 is 0 Å². The molecule has 0 spiro atoms. The average molecular weight is 270 g/mol. The fraction of sp³-hybridized carbons (Fsp3) is 0.571. The van der Waals surface area contributed by atoms with Gasteiger partial charge < -0.3 is 15.2 Å². The van der Waals surface area contributed by atoms with Crippen LogP contribution >= 0.6 is 0 Å². The number of ether oxygens (including phenoxy) is 2. The second-order valence-electron chi connectivity index (χ2n) is 4.39. The molecule has 0 aromatic heterocycles. The molecular weight excluding hydrogens is 247 g/mol. The molecule has 0 aliphatic heterocycles. The molecule has 108 valence electrons. The Kier molecular flexibility index (Phi) is 6.77. The molecule has 0 fully saturated rings. The molecule has 0 aliphatic rings. The van der Waals surface area contributed by atoms with Gasteiger partial charge in [0.2, 0.25) is 0 Å². The summed E-state index contributed by atoms with van der Waals surface area (Å²) in [6.07, 6.45) is 0. The van der Waals surface area contributed by atoms with Crippen LogP contribution in [0.25, 0.3) is 0 Å². The van der Waals surface area contributed by atoms with Crippen LogP contribution in [0.3, 0.4) is 0 Å². The summed E-state index contributed by atoms with van der Waals surface area (Å²) in [7, 11) is 3.12. The van der Waals surface area contributed by atoms with Crippen LogP contribution in [0.1, 0.15) is 18.5 Å². The number of hydrogen-bond donors (Lipinski definition) is 1. The van der Waals surface area contributed by atoms with Crippen LogP contribution < -0.4 is 10.5 Å². The van der Waals surface area contributed by atoms with Crippen molar-refractivity contribution in [2.24, 2.45) is 5.73 Å². The molecule has 1 aromatic carbocycles. The van der Waals surface area contributed by atoms with Crippen molar-refractivity contribution in [3.05, 3.63) is 29.6 Å². The fourth-order valence-electron chi connectivity index (χ4n) is 1.90. The summed E-state index contributed by atoms with van der Waals surface area (Å²) < 4.78 is 23.6. The maximum Gasteiger partial charge on any atom is 0.165 e. The van der Waals surface area contributed by atoms with Gasteiger partial charge in [-0.2, -0.15) is 0 Å². The molecule has 0 saturated carbocycles. The molecule has 2 N–H and O–H groups in total. The zero-order valence-electron chi connectivity index (χ0n) is 11.9. The average Bonchev–Trinajstić information content (AvgIpc) is 2.43. The largest absolute Gasteiger partial charge is 0.494 e. The SMILES string of the molecule is CCN(CCOC)CC(N)c1ccc(OC)c(F)c1. The standard InChI is InChI=1S/C14H23FN2O2/c1-4-17(7-8-18-2)10-13(16)11-5-6-14(19-3)12(15)9-11/h5-6,9,13H,4,7-8,10,16H2,1-3H3. The normalized spacial score (nSPS) is 12.7. The molecule has 4 nitrogen and oxygen atoms in total. The molecule has 19 heavy (non-hydrogen) atoms. The first-order valence-corrected chi connectivity index (χ1v) is 6.42. The van der Waals surface area contributed by atoms with E-state index in [2.05, 4.69) is 11.8 Å². The Morgan fingerprint density at radius 3 is 2.63 bits per heavy atom. The van der Waals surface area contributed by atoms with Gasteiger partial charge in [-0.1, -0.05) is 13.0 Å². The van der Waals surface area contributed by atoms with Gasteiger partial charge in [-0.05, 0) is 24.2 Å². The van der Waals surface area contributed by atoms with Crippen molar-refractivity contribution in [3.63, 3.8) is 0 Å². The first-order valence-electron chi connectivity index (χ1n) is 6.42. The molecule has 0 radical (unpaired) electrons. The molecule has 0 saturated heterocycles. The third kappa shape index (κ3) is 4.78. The summed E-state index contributed by atoms with van der Waals surface area (Å²) in [5, 5.41) is 0. The zero-order chi connectivity index (χ0) is 14.3. The molecule has 1 rings (SSSR count). The van der Waals surface area contributed by atoms with E-state index in [1.54, 1.807) is 19.2 Å². The first kappa shape index (κ1) is 15.9. The van der Waals surface area contributed by atoms with E-state index in [4.69, 9.17) is 15.2 Å². The van der Waals surface area contributed by atoms with Crippen LogP contribution in [-0.4, -0.2) is 45.4 Å². The predicted octanol–water partition coefficient (Wildman–Crippen LogP) is 1.80. The molecule has 0 heterocycles. The predicted molar refractivity (Wildman–Crippen MR) is 73.9 cm³/mol. The molecular formula is C14H23FN2O2. The zero-order valence-corrected chi connectivity index (χ0v) is 11.9. The van der Waals surface area contributed by atoms with E-state index in [1.807, 2.05) is 0 Å². The number of nitrogens with zero attached hydrogens (tertiary/aromatic N) is 1. The summed E-state index contributed by atoms with van der Waals surface area (Å²) in [6.45, 7) is 5.11. The Morgan fingerprint density at radius 2 is 2.11 bits per heavy atom. The lowest BCUT2D eigenvalue weighted by Gasteiger charge is -2.24. The summed E-state index contributed by atoms with van der Waals surface area (Å²) in [5.74, 6) is -0.141. The highest BCUT2D eigenvalue weighted by atomic mass is 19.1. The van der Waals surface area contributed by atoms with Crippen molar-refractivity contribution >= 4 is 0 Å². The highest BCUT2D eigenvalue weighted by molar-refractivity contribution is 5.31. The van der Waals surface area contributed by atoms with Gasteiger partial charge in [0.25, 0.3) is 0 Å². The van der Waals surface area contributed by atoms with Crippen molar-refractivity contribution in [3.8, 4) is 5.75 Å². The van der Waals surface area contributed by atoms with Crippen molar-refractivity contribution in [1.82, 2.24) is 4.90 Å². The van der Waals surface area contributed by atoms with Crippen LogP contribution in [-0.2, 0) is 4.74 Å². The summed E-state index contributed by atoms with van der Waals surface area (Å²) in [4.78, 5) is 2.18. The van der Waals surface area contributed by atoms with E-state index in [0.717, 1.165) is 18.7 Å². The van der Waals surface area contributed by atoms with Crippen LogP contribution in [0.5, 0.6) is 5.75 Å². The van der Waals surface area contributed by atoms with Crippen LogP contribution in [0.15, 0.2) is 18.2 Å². The Morgan fingerprint density at radius 1 is 1.37 bits per heavy atom. The molecule has 1 aromatic rings. The van der Waals surface area contributed by atoms with Crippen molar-refractivity contribution in [2.75, 3.05) is 40.5 Å². The smallest absolute Gasteiger partial charge is 0.165 e. The van der Waals surface area contributed by atoms with Gasteiger partial charge in [0.15, 0.2) is 11.6 Å². The van der Waals surface area contributed by atoms with E-state index in [1.165, 1.54) is 13.2 Å². The van der Waals surface area contributed by atoms with E-state index in [-0.39, 0.29) is 17.6 Å². The molecule has 5 heteroatoms. The first-order chi connectivity index (χ1) is 9.12. The van der Waals surface area contributed by atoms with Crippen molar-refractivity contribution < 1.29 is 13.9 Å². The molecule has 0 amide bonds. The lowest BCUT2D eigenvalue weighted by atomic mass is 10.1. The van der Waals surface area contributed by atoms with Crippen LogP contribution in [0, 0.1) is 5.82 Å².